The van der Waals surface area contributed by atoms with E-state index in [1.165, 1.54) is 16.7 Å². The molecule has 23 heavy (non-hydrogen) atoms. The molecule has 2 aromatic rings. The van der Waals surface area contributed by atoms with Gasteiger partial charge in [0.1, 0.15) is 11.0 Å². The Labute approximate surface area is 136 Å². The maximum atomic E-state index is 12.9. The zero-order chi connectivity index (χ0) is 16.3. The van der Waals surface area contributed by atoms with Crippen LogP contribution >= 0.6 is 0 Å². The van der Waals surface area contributed by atoms with Crippen molar-refractivity contribution in [1.29, 1.82) is 0 Å². The van der Waals surface area contributed by atoms with Crippen LogP contribution in [0.5, 0.6) is 0 Å². The van der Waals surface area contributed by atoms with E-state index in [0.29, 0.717) is 24.2 Å². The van der Waals surface area contributed by atoms with Crippen molar-refractivity contribution >= 4 is 10.0 Å². The SMILES string of the molecule is O=S(=O)(c1cnccc1C(O)c1ccccc1)N1CCCCC1. The van der Waals surface area contributed by atoms with Crippen LogP contribution < -0.4 is 0 Å². The Morgan fingerprint density at radius 3 is 2.43 bits per heavy atom. The Bertz CT molecular complexity index is 756. The Balaban J connectivity index is 2.01. The van der Waals surface area contributed by atoms with Gasteiger partial charge in [-0.15, -0.1) is 0 Å². The van der Waals surface area contributed by atoms with Crippen LogP contribution in [-0.4, -0.2) is 35.9 Å². The van der Waals surface area contributed by atoms with Crippen LogP contribution in [0.3, 0.4) is 0 Å². The first kappa shape index (κ1) is 16.1. The number of rotatable bonds is 4. The zero-order valence-corrected chi connectivity index (χ0v) is 13.6. The first-order chi connectivity index (χ1) is 11.1. The van der Waals surface area contributed by atoms with Gasteiger partial charge in [-0.1, -0.05) is 36.8 Å². The number of piperidine rings is 1. The molecule has 1 fully saturated rings. The molecule has 1 aromatic carbocycles. The topological polar surface area (TPSA) is 70.5 Å². The predicted molar refractivity (Wildman–Crippen MR) is 87.4 cm³/mol. The van der Waals surface area contributed by atoms with Gasteiger partial charge in [-0.05, 0) is 24.5 Å². The molecule has 0 spiro atoms. The highest BCUT2D eigenvalue weighted by Crippen LogP contribution is 2.30. The fourth-order valence-corrected chi connectivity index (χ4v) is 4.58. The van der Waals surface area contributed by atoms with E-state index in [1.54, 1.807) is 18.2 Å². The van der Waals surface area contributed by atoms with E-state index >= 15 is 0 Å². The second-order valence-electron chi connectivity index (χ2n) is 5.69. The van der Waals surface area contributed by atoms with E-state index in [2.05, 4.69) is 4.98 Å². The maximum Gasteiger partial charge on any atom is 0.244 e. The number of aromatic nitrogens is 1. The van der Waals surface area contributed by atoms with Crippen LogP contribution in [0.25, 0.3) is 0 Å². The van der Waals surface area contributed by atoms with Crippen LogP contribution in [0.4, 0.5) is 0 Å². The van der Waals surface area contributed by atoms with Gasteiger partial charge in [0.15, 0.2) is 0 Å². The average molecular weight is 332 g/mol. The second kappa shape index (κ2) is 6.78. The lowest BCUT2D eigenvalue weighted by Crippen LogP contribution is -2.36. The van der Waals surface area contributed by atoms with Crippen LogP contribution in [0, 0.1) is 0 Å². The highest BCUT2D eigenvalue weighted by atomic mass is 32.2. The quantitative estimate of drug-likeness (QED) is 0.933. The monoisotopic (exact) mass is 332 g/mol. The Morgan fingerprint density at radius 1 is 1.04 bits per heavy atom. The standard InChI is InChI=1S/C17H20N2O3S/c20-17(14-7-3-1-4-8-14)15-9-10-18-13-16(15)23(21,22)19-11-5-2-6-12-19/h1,3-4,7-10,13,17,20H,2,5-6,11-12H2. The Kier molecular flexibility index (Phi) is 4.75. The maximum absolute atomic E-state index is 12.9. The van der Waals surface area contributed by atoms with Gasteiger partial charge in [0.25, 0.3) is 0 Å². The summed E-state index contributed by atoms with van der Waals surface area (Å²) in [5, 5.41) is 10.6. The number of aliphatic hydroxyl groups excluding tert-OH is 1. The number of pyridine rings is 1. The van der Waals surface area contributed by atoms with Gasteiger partial charge in [-0.3, -0.25) is 4.98 Å². The summed E-state index contributed by atoms with van der Waals surface area (Å²) in [5.74, 6) is 0. The smallest absolute Gasteiger partial charge is 0.244 e. The number of aliphatic hydroxyl groups is 1. The molecule has 1 atom stereocenters. The van der Waals surface area contributed by atoms with Crippen molar-refractivity contribution in [1.82, 2.24) is 9.29 Å². The highest BCUT2D eigenvalue weighted by Gasteiger charge is 2.30. The minimum absolute atomic E-state index is 0.0956. The fraction of sp³-hybridized carbons (Fsp3) is 0.353. The van der Waals surface area contributed by atoms with Crippen molar-refractivity contribution < 1.29 is 13.5 Å². The predicted octanol–water partition coefficient (Wildman–Crippen LogP) is 2.34. The summed E-state index contributed by atoms with van der Waals surface area (Å²) < 4.78 is 27.3. The van der Waals surface area contributed by atoms with E-state index in [1.807, 2.05) is 18.2 Å². The van der Waals surface area contributed by atoms with E-state index in [-0.39, 0.29) is 4.90 Å². The summed E-state index contributed by atoms with van der Waals surface area (Å²) in [6, 6.07) is 10.6. The molecule has 3 rings (SSSR count). The molecule has 6 heteroatoms. The molecule has 1 aliphatic rings. The van der Waals surface area contributed by atoms with Crippen molar-refractivity contribution in [3.8, 4) is 0 Å². The second-order valence-corrected chi connectivity index (χ2v) is 7.60. The number of benzene rings is 1. The zero-order valence-electron chi connectivity index (χ0n) is 12.8. The Morgan fingerprint density at radius 2 is 1.74 bits per heavy atom. The molecule has 1 saturated heterocycles. The summed E-state index contributed by atoms with van der Waals surface area (Å²) in [6.07, 6.45) is 4.65. The van der Waals surface area contributed by atoms with Crippen molar-refractivity contribution in [2.45, 2.75) is 30.3 Å². The molecule has 1 aliphatic heterocycles. The molecule has 1 unspecified atom stereocenters. The minimum atomic E-state index is -3.63. The van der Waals surface area contributed by atoms with Crippen molar-refractivity contribution in [3.63, 3.8) is 0 Å². The molecule has 122 valence electrons. The molecule has 1 N–H and O–H groups in total. The average Bonchev–Trinajstić information content (AvgIpc) is 2.62. The number of nitrogens with zero attached hydrogens (tertiary/aromatic N) is 2. The van der Waals surface area contributed by atoms with E-state index in [4.69, 9.17) is 0 Å². The molecule has 1 aromatic heterocycles. The van der Waals surface area contributed by atoms with Crippen LogP contribution in [0.15, 0.2) is 53.7 Å². The largest absolute Gasteiger partial charge is 0.384 e. The summed E-state index contributed by atoms with van der Waals surface area (Å²) in [4.78, 5) is 4.06. The third kappa shape index (κ3) is 3.29. The first-order valence-corrected chi connectivity index (χ1v) is 9.22. The number of hydrogen-bond donors (Lipinski definition) is 1. The van der Waals surface area contributed by atoms with Gasteiger partial charge in [0.05, 0.1) is 0 Å². The van der Waals surface area contributed by atoms with Gasteiger partial charge in [-0.25, -0.2) is 8.42 Å². The molecule has 0 aliphatic carbocycles. The van der Waals surface area contributed by atoms with Gasteiger partial charge in [0.2, 0.25) is 10.0 Å². The molecule has 0 amide bonds. The fourth-order valence-electron chi connectivity index (χ4n) is 2.89. The number of hydrogen-bond acceptors (Lipinski definition) is 4. The summed E-state index contributed by atoms with van der Waals surface area (Å²) >= 11 is 0. The van der Waals surface area contributed by atoms with Crippen LogP contribution in [-0.2, 0) is 10.0 Å². The molecule has 0 bridgehead atoms. The summed E-state index contributed by atoms with van der Waals surface area (Å²) in [7, 11) is -3.63. The van der Waals surface area contributed by atoms with E-state index in [9.17, 15) is 13.5 Å². The van der Waals surface area contributed by atoms with Gasteiger partial charge < -0.3 is 5.11 Å². The van der Waals surface area contributed by atoms with Crippen molar-refractivity contribution in [3.05, 3.63) is 59.9 Å². The molecule has 0 saturated carbocycles. The summed E-state index contributed by atoms with van der Waals surface area (Å²) in [5.41, 5.74) is 1.03. The number of sulfonamides is 1. The van der Waals surface area contributed by atoms with Crippen LogP contribution in [0.1, 0.15) is 36.5 Å². The lowest BCUT2D eigenvalue weighted by atomic mass is 10.0. The lowest BCUT2D eigenvalue weighted by molar-refractivity contribution is 0.216. The van der Waals surface area contributed by atoms with E-state index < -0.39 is 16.1 Å². The van der Waals surface area contributed by atoms with Gasteiger partial charge in [0, 0.05) is 31.0 Å². The van der Waals surface area contributed by atoms with Crippen molar-refractivity contribution in [2.24, 2.45) is 0 Å². The lowest BCUT2D eigenvalue weighted by Gasteiger charge is -2.27. The molecule has 0 radical (unpaired) electrons. The third-order valence-electron chi connectivity index (χ3n) is 4.16. The molecule has 2 heterocycles. The van der Waals surface area contributed by atoms with Crippen LogP contribution in [0.2, 0.25) is 0 Å². The molecular formula is C17H20N2O3S. The van der Waals surface area contributed by atoms with Gasteiger partial charge >= 0.3 is 0 Å². The first-order valence-electron chi connectivity index (χ1n) is 7.78. The van der Waals surface area contributed by atoms with E-state index in [0.717, 1.165) is 19.3 Å². The minimum Gasteiger partial charge on any atom is -0.384 e. The highest BCUT2D eigenvalue weighted by molar-refractivity contribution is 7.89. The Hall–Kier alpha value is -1.76. The van der Waals surface area contributed by atoms with Crippen molar-refractivity contribution in [2.75, 3.05) is 13.1 Å². The van der Waals surface area contributed by atoms with Gasteiger partial charge in [-0.2, -0.15) is 4.31 Å². The third-order valence-corrected chi connectivity index (χ3v) is 6.10. The molecular weight excluding hydrogens is 312 g/mol. The summed E-state index contributed by atoms with van der Waals surface area (Å²) in [6.45, 7) is 1.05. The normalized spacial score (nSPS) is 17.8. The molecule has 5 nitrogen and oxygen atoms in total.